The van der Waals surface area contributed by atoms with Crippen molar-refractivity contribution in [2.45, 2.75) is 46.5 Å². The van der Waals surface area contributed by atoms with Crippen molar-refractivity contribution in [1.29, 1.82) is 5.26 Å². The van der Waals surface area contributed by atoms with Gasteiger partial charge in [0.1, 0.15) is 6.04 Å². The highest BCUT2D eigenvalue weighted by Crippen LogP contribution is 2.19. The molecule has 4 heteroatoms. The minimum atomic E-state index is -1.58. The van der Waals surface area contributed by atoms with E-state index in [2.05, 4.69) is 31.2 Å². The van der Waals surface area contributed by atoms with E-state index in [9.17, 15) is 0 Å². The molecule has 0 saturated carbocycles. The summed E-state index contributed by atoms with van der Waals surface area (Å²) >= 11 is 0. The lowest BCUT2D eigenvalue weighted by Crippen LogP contribution is -2.44. The molecule has 0 aliphatic heterocycles. The van der Waals surface area contributed by atoms with Gasteiger partial charge < -0.3 is 4.53 Å². The van der Waals surface area contributed by atoms with E-state index < -0.39 is 8.32 Å². The van der Waals surface area contributed by atoms with Crippen molar-refractivity contribution >= 4 is 8.32 Å². The van der Waals surface area contributed by atoms with Gasteiger partial charge >= 0.3 is 0 Å². The Morgan fingerprint density at radius 3 is 2.00 bits per heavy atom. The lowest BCUT2D eigenvalue weighted by atomic mass is 9.88. The first-order valence-electron chi connectivity index (χ1n) is 4.50. The van der Waals surface area contributed by atoms with Crippen molar-refractivity contribution in [2.24, 2.45) is 5.41 Å². The van der Waals surface area contributed by atoms with Crippen LogP contribution in [0.25, 0.3) is 0 Å². The van der Waals surface area contributed by atoms with Crippen LogP contribution in [-0.2, 0) is 4.53 Å². The Bertz CT molecular complexity index is 197. The van der Waals surface area contributed by atoms with Crippen LogP contribution in [0.2, 0.25) is 19.6 Å². The maximum Gasteiger partial charge on any atom is 0.211 e. The highest BCUT2D eigenvalue weighted by molar-refractivity contribution is 6.69. The van der Waals surface area contributed by atoms with Crippen LogP contribution < -0.4 is 5.48 Å². The summed E-state index contributed by atoms with van der Waals surface area (Å²) in [5.41, 5.74) is 2.76. The van der Waals surface area contributed by atoms with Crippen LogP contribution >= 0.6 is 0 Å². The molecule has 0 aromatic heterocycles. The van der Waals surface area contributed by atoms with Gasteiger partial charge in [0.15, 0.2) is 0 Å². The maximum atomic E-state index is 8.88. The molecule has 1 unspecified atom stereocenters. The van der Waals surface area contributed by atoms with Crippen LogP contribution in [0, 0.1) is 16.7 Å². The molecule has 13 heavy (non-hydrogen) atoms. The van der Waals surface area contributed by atoms with Gasteiger partial charge in [-0.15, -0.1) is 0 Å². The van der Waals surface area contributed by atoms with Crippen LogP contribution in [-0.4, -0.2) is 14.4 Å². The zero-order chi connectivity index (χ0) is 10.7. The summed E-state index contributed by atoms with van der Waals surface area (Å²) in [4.78, 5) is 0. The quantitative estimate of drug-likeness (QED) is 0.561. The molecule has 0 radical (unpaired) electrons. The molecule has 76 valence electrons. The van der Waals surface area contributed by atoms with E-state index in [-0.39, 0.29) is 11.5 Å². The Morgan fingerprint density at radius 1 is 1.31 bits per heavy atom. The molecule has 0 rings (SSSR count). The Morgan fingerprint density at radius 2 is 1.77 bits per heavy atom. The number of rotatable bonds is 3. The third-order valence-corrected chi connectivity index (χ3v) is 2.21. The molecule has 3 nitrogen and oxygen atoms in total. The summed E-state index contributed by atoms with van der Waals surface area (Å²) in [5.74, 6) is 0. The van der Waals surface area contributed by atoms with E-state index >= 15 is 0 Å². The van der Waals surface area contributed by atoms with E-state index in [1.54, 1.807) is 0 Å². The number of hydrogen-bond acceptors (Lipinski definition) is 3. The fourth-order valence-electron chi connectivity index (χ4n) is 0.632. The Balaban J connectivity index is 4.12. The van der Waals surface area contributed by atoms with Gasteiger partial charge in [0.25, 0.3) is 0 Å². The molecule has 0 amide bonds. The number of nitriles is 1. The topological polar surface area (TPSA) is 45.0 Å². The predicted octanol–water partition coefficient (Wildman–Crippen LogP) is 2.28. The van der Waals surface area contributed by atoms with Gasteiger partial charge in [0.05, 0.1) is 6.07 Å². The second-order valence-corrected chi connectivity index (χ2v) is 9.69. The predicted molar refractivity (Wildman–Crippen MR) is 56.4 cm³/mol. The Kier molecular flexibility index (Phi) is 4.10. The summed E-state index contributed by atoms with van der Waals surface area (Å²) < 4.78 is 5.48. The standard InChI is InChI=1S/C9H20N2OSi/c1-9(2,3)8(7-10)11-12-13(4,5)6/h8,11H,1-6H3. The van der Waals surface area contributed by atoms with E-state index in [1.807, 2.05) is 20.8 Å². The second-order valence-electron chi connectivity index (χ2n) is 5.26. The van der Waals surface area contributed by atoms with E-state index in [4.69, 9.17) is 9.79 Å². The average molecular weight is 200 g/mol. The highest BCUT2D eigenvalue weighted by Gasteiger charge is 2.26. The SMILES string of the molecule is CC(C)(C)C(C#N)NO[Si](C)(C)C. The molecule has 0 aromatic rings. The Labute approximate surface area is 82.2 Å². The van der Waals surface area contributed by atoms with E-state index in [0.717, 1.165) is 0 Å². The molecule has 0 aromatic carbocycles. The minimum absolute atomic E-state index is 0.0889. The van der Waals surface area contributed by atoms with Crippen LogP contribution in [0.15, 0.2) is 0 Å². The largest absolute Gasteiger partial charge is 0.345 e. The van der Waals surface area contributed by atoms with Crippen molar-refractivity contribution in [3.8, 4) is 6.07 Å². The van der Waals surface area contributed by atoms with E-state index in [1.165, 1.54) is 0 Å². The van der Waals surface area contributed by atoms with Gasteiger partial charge in [-0.1, -0.05) is 20.8 Å². The van der Waals surface area contributed by atoms with Gasteiger partial charge in [0.2, 0.25) is 8.32 Å². The molecular weight excluding hydrogens is 180 g/mol. The van der Waals surface area contributed by atoms with Crippen LogP contribution in [0.4, 0.5) is 0 Å². The molecular formula is C9H20N2OSi. The molecule has 0 fully saturated rings. The number of hydroxylamine groups is 1. The molecule has 0 saturated heterocycles. The monoisotopic (exact) mass is 200 g/mol. The fraction of sp³-hybridized carbons (Fsp3) is 0.889. The van der Waals surface area contributed by atoms with Crippen molar-refractivity contribution < 1.29 is 4.53 Å². The fourth-order valence-corrected chi connectivity index (χ4v) is 1.10. The smallest absolute Gasteiger partial charge is 0.211 e. The van der Waals surface area contributed by atoms with Crippen LogP contribution in [0.5, 0.6) is 0 Å². The van der Waals surface area contributed by atoms with Gasteiger partial charge in [-0.2, -0.15) is 10.7 Å². The third-order valence-electron chi connectivity index (χ3n) is 1.48. The molecule has 0 aliphatic rings. The molecule has 1 N–H and O–H groups in total. The molecule has 0 heterocycles. The van der Waals surface area contributed by atoms with Crippen molar-refractivity contribution in [3.05, 3.63) is 0 Å². The van der Waals surface area contributed by atoms with Gasteiger partial charge in [-0.25, -0.2) is 0 Å². The molecule has 0 aliphatic carbocycles. The summed E-state index contributed by atoms with van der Waals surface area (Å²) in [6, 6.07) is 1.95. The van der Waals surface area contributed by atoms with Crippen molar-refractivity contribution in [1.82, 2.24) is 5.48 Å². The zero-order valence-electron chi connectivity index (χ0n) is 9.43. The van der Waals surface area contributed by atoms with Gasteiger partial charge in [0, 0.05) is 0 Å². The van der Waals surface area contributed by atoms with Crippen molar-refractivity contribution in [2.75, 3.05) is 0 Å². The summed E-state index contributed by atoms with van der Waals surface area (Å²) in [6.45, 7) is 12.3. The second kappa shape index (κ2) is 4.23. The lowest BCUT2D eigenvalue weighted by Gasteiger charge is -2.28. The number of nitrogens with one attached hydrogen (secondary N) is 1. The normalized spacial score (nSPS) is 15.2. The summed E-state index contributed by atoms with van der Waals surface area (Å²) in [7, 11) is -1.58. The molecule has 1 atom stereocenters. The number of nitrogens with zero attached hydrogens (tertiary/aromatic N) is 1. The van der Waals surface area contributed by atoms with Gasteiger partial charge in [-0.3, -0.25) is 0 Å². The lowest BCUT2D eigenvalue weighted by molar-refractivity contribution is 0.116. The first-order chi connectivity index (χ1) is 5.67. The van der Waals surface area contributed by atoms with E-state index in [0.29, 0.717) is 0 Å². The minimum Gasteiger partial charge on any atom is -0.345 e. The van der Waals surface area contributed by atoms with Crippen LogP contribution in [0.3, 0.4) is 0 Å². The van der Waals surface area contributed by atoms with Crippen molar-refractivity contribution in [3.63, 3.8) is 0 Å². The van der Waals surface area contributed by atoms with Crippen LogP contribution in [0.1, 0.15) is 20.8 Å². The maximum absolute atomic E-state index is 8.88. The Hall–Kier alpha value is -0.373. The molecule has 0 spiro atoms. The average Bonchev–Trinajstić information content (AvgIpc) is 1.82. The first kappa shape index (κ1) is 12.6. The highest BCUT2D eigenvalue weighted by atomic mass is 28.4. The summed E-state index contributed by atoms with van der Waals surface area (Å²) in [5, 5.41) is 8.88. The third kappa shape index (κ3) is 5.80. The molecule has 0 bridgehead atoms. The zero-order valence-corrected chi connectivity index (χ0v) is 10.4. The van der Waals surface area contributed by atoms with Gasteiger partial charge in [-0.05, 0) is 25.1 Å². The summed E-state index contributed by atoms with van der Waals surface area (Å²) in [6.07, 6.45) is 0. The number of hydrogen-bond donors (Lipinski definition) is 1. The first-order valence-corrected chi connectivity index (χ1v) is 7.91.